The molecule has 0 radical (unpaired) electrons. The monoisotopic (exact) mass is 482 g/mol. The fourth-order valence-electron chi connectivity index (χ4n) is 5.47. The molecular formula is C30H34N4O2. The number of aromatic amines is 2. The van der Waals surface area contributed by atoms with E-state index in [-0.39, 0.29) is 0 Å². The maximum Gasteiger partial charge on any atom is 0.267 e. The van der Waals surface area contributed by atoms with E-state index in [4.69, 9.17) is 5.21 Å². The van der Waals surface area contributed by atoms with Crippen LogP contribution in [-0.4, -0.2) is 32.5 Å². The molecule has 0 fully saturated rings. The zero-order valence-electron chi connectivity index (χ0n) is 21.2. The van der Waals surface area contributed by atoms with Crippen molar-refractivity contribution in [3.63, 3.8) is 0 Å². The number of amides is 1. The highest BCUT2D eigenvalue weighted by Crippen LogP contribution is 2.37. The van der Waals surface area contributed by atoms with E-state index in [0.717, 1.165) is 37.9 Å². The molecule has 1 aliphatic carbocycles. The second-order valence-corrected chi connectivity index (χ2v) is 10.0. The third-order valence-corrected chi connectivity index (χ3v) is 7.49. The fraction of sp³-hybridized carbons (Fsp3) is 0.300. The van der Waals surface area contributed by atoms with E-state index >= 15 is 0 Å². The van der Waals surface area contributed by atoms with Gasteiger partial charge in [0.15, 0.2) is 0 Å². The Kier molecular flexibility index (Phi) is 6.81. The minimum absolute atomic E-state index is 0.343. The molecule has 2 aromatic carbocycles. The standard InChI is InChI=1S/C30H34N4O2/c1-19-4-8-26-24(17-31-28(26)14-19)12-13-34(18-25-15-20(2)21(3)32-25)29-10-7-23-16-22(5-9-27(23)29)6-11-30(35)33-36/h4-6,8-9,11,14-17,29,31-32,36H,7,10,12-13,18H2,1-3H3,(H,33,35). The van der Waals surface area contributed by atoms with Crippen LogP contribution in [0.25, 0.3) is 17.0 Å². The van der Waals surface area contributed by atoms with E-state index in [2.05, 4.69) is 84.3 Å². The Labute approximate surface area is 212 Å². The molecule has 2 aromatic heterocycles. The molecule has 6 nitrogen and oxygen atoms in total. The quantitative estimate of drug-likeness (QED) is 0.148. The Morgan fingerprint density at radius 1 is 1.17 bits per heavy atom. The number of aromatic nitrogens is 2. The number of hydrogen-bond donors (Lipinski definition) is 4. The lowest BCUT2D eigenvalue weighted by Gasteiger charge is -2.29. The van der Waals surface area contributed by atoms with Crippen LogP contribution in [0.5, 0.6) is 0 Å². The van der Waals surface area contributed by atoms with Crippen molar-refractivity contribution in [3.05, 3.63) is 99.5 Å². The van der Waals surface area contributed by atoms with E-state index < -0.39 is 5.91 Å². The van der Waals surface area contributed by atoms with Crippen molar-refractivity contribution in [3.8, 4) is 0 Å². The number of rotatable bonds is 8. The molecule has 0 spiro atoms. The molecule has 0 saturated carbocycles. The predicted molar refractivity (Wildman–Crippen MR) is 144 cm³/mol. The number of carbonyl (C=O) groups excluding carboxylic acids is 1. The number of hydrogen-bond acceptors (Lipinski definition) is 3. The van der Waals surface area contributed by atoms with E-state index in [1.54, 1.807) is 11.6 Å². The summed E-state index contributed by atoms with van der Waals surface area (Å²) in [5.41, 5.74) is 12.9. The summed E-state index contributed by atoms with van der Waals surface area (Å²) in [5, 5.41) is 10.0. The topological polar surface area (TPSA) is 84.2 Å². The van der Waals surface area contributed by atoms with Crippen molar-refractivity contribution >= 4 is 22.9 Å². The number of fused-ring (bicyclic) bond motifs is 2. The van der Waals surface area contributed by atoms with Gasteiger partial charge in [0, 0.05) is 53.7 Å². The molecule has 1 aliphatic rings. The molecule has 6 heteroatoms. The zero-order valence-corrected chi connectivity index (χ0v) is 21.2. The predicted octanol–water partition coefficient (Wildman–Crippen LogP) is 5.67. The van der Waals surface area contributed by atoms with Gasteiger partial charge in [-0.25, -0.2) is 5.48 Å². The Morgan fingerprint density at radius 2 is 2.03 bits per heavy atom. The van der Waals surface area contributed by atoms with Crippen LogP contribution < -0.4 is 5.48 Å². The van der Waals surface area contributed by atoms with Crippen LogP contribution in [0.3, 0.4) is 0 Å². The maximum absolute atomic E-state index is 11.4. The minimum atomic E-state index is -0.525. The van der Waals surface area contributed by atoms with Gasteiger partial charge in [-0.15, -0.1) is 0 Å². The lowest BCUT2D eigenvalue weighted by molar-refractivity contribution is -0.124. The fourth-order valence-corrected chi connectivity index (χ4v) is 5.47. The van der Waals surface area contributed by atoms with E-state index in [9.17, 15) is 4.79 Å². The highest BCUT2D eigenvalue weighted by atomic mass is 16.5. The Balaban J connectivity index is 1.40. The first-order valence-electron chi connectivity index (χ1n) is 12.6. The third kappa shape index (κ3) is 5.01. The summed E-state index contributed by atoms with van der Waals surface area (Å²) >= 11 is 0. The largest absolute Gasteiger partial charge is 0.361 e. The van der Waals surface area contributed by atoms with Crippen molar-refractivity contribution in [1.29, 1.82) is 0 Å². The van der Waals surface area contributed by atoms with Crippen LogP contribution in [0, 0.1) is 20.8 Å². The highest BCUT2D eigenvalue weighted by Gasteiger charge is 2.28. The van der Waals surface area contributed by atoms with Gasteiger partial charge in [0.05, 0.1) is 0 Å². The molecule has 1 atom stereocenters. The van der Waals surface area contributed by atoms with Crippen LogP contribution in [0.4, 0.5) is 0 Å². The van der Waals surface area contributed by atoms with Crippen molar-refractivity contribution < 1.29 is 10.0 Å². The van der Waals surface area contributed by atoms with Crippen LogP contribution in [0.1, 0.15) is 57.2 Å². The van der Waals surface area contributed by atoms with E-state index in [1.165, 1.54) is 56.2 Å². The van der Waals surface area contributed by atoms with Gasteiger partial charge in [0.1, 0.15) is 0 Å². The number of nitrogens with one attached hydrogen (secondary N) is 3. The molecule has 186 valence electrons. The Morgan fingerprint density at radius 3 is 2.81 bits per heavy atom. The molecular weight excluding hydrogens is 448 g/mol. The van der Waals surface area contributed by atoms with Crippen LogP contribution >= 0.6 is 0 Å². The molecule has 5 rings (SSSR count). The van der Waals surface area contributed by atoms with Gasteiger partial charge in [-0.05, 0) is 91.6 Å². The summed E-state index contributed by atoms with van der Waals surface area (Å²) < 4.78 is 0. The van der Waals surface area contributed by atoms with Gasteiger partial charge >= 0.3 is 0 Å². The van der Waals surface area contributed by atoms with Crippen LogP contribution in [0.2, 0.25) is 0 Å². The normalized spacial score (nSPS) is 15.3. The second-order valence-electron chi connectivity index (χ2n) is 10.0. The van der Waals surface area contributed by atoms with Gasteiger partial charge in [0.25, 0.3) is 5.91 Å². The van der Waals surface area contributed by atoms with Crippen LogP contribution in [0.15, 0.2) is 54.7 Å². The summed E-state index contributed by atoms with van der Waals surface area (Å²) in [6.07, 6.45) is 8.31. The summed E-state index contributed by atoms with van der Waals surface area (Å²) in [7, 11) is 0. The summed E-state index contributed by atoms with van der Waals surface area (Å²) in [4.78, 5) is 21.0. The summed E-state index contributed by atoms with van der Waals surface area (Å²) in [6, 6.07) is 15.7. The first kappa shape index (κ1) is 24.1. The second kappa shape index (κ2) is 10.2. The number of H-pyrrole nitrogens is 2. The van der Waals surface area contributed by atoms with Gasteiger partial charge in [-0.2, -0.15) is 0 Å². The maximum atomic E-state index is 11.4. The van der Waals surface area contributed by atoms with Crippen molar-refractivity contribution in [1.82, 2.24) is 20.3 Å². The van der Waals surface area contributed by atoms with E-state index in [0.29, 0.717) is 6.04 Å². The van der Waals surface area contributed by atoms with Crippen LogP contribution in [-0.2, 0) is 24.2 Å². The van der Waals surface area contributed by atoms with Gasteiger partial charge in [-0.3, -0.25) is 14.9 Å². The number of hydroxylamine groups is 1. The average Bonchev–Trinajstić information content (AvgIpc) is 3.56. The Bertz CT molecular complexity index is 1410. The smallest absolute Gasteiger partial charge is 0.267 e. The molecule has 4 aromatic rings. The molecule has 1 amide bonds. The van der Waals surface area contributed by atoms with Crippen molar-refractivity contribution in [2.24, 2.45) is 0 Å². The summed E-state index contributed by atoms with van der Waals surface area (Å²) in [6.45, 7) is 8.25. The van der Waals surface area contributed by atoms with Gasteiger partial charge in [0.2, 0.25) is 0 Å². The summed E-state index contributed by atoms with van der Waals surface area (Å²) in [5.74, 6) is -0.525. The first-order chi connectivity index (χ1) is 17.4. The molecule has 0 aliphatic heterocycles. The number of nitrogens with zero attached hydrogens (tertiary/aromatic N) is 1. The zero-order chi connectivity index (χ0) is 25.2. The number of benzene rings is 2. The van der Waals surface area contributed by atoms with Gasteiger partial charge < -0.3 is 9.97 Å². The number of carbonyl (C=O) groups is 1. The SMILES string of the molecule is Cc1ccc2c(CCN(Cc3cc(C)c(C)[nH]3)C3CCc4cc(C=CC(=O)NO)ccc43)c[nH]c2c1. The molecule has 36 heavy (non-hydrogen) atoms. The lowest BCUT2D eigenvalue weighted by atomic mass is 10.0. The van der Waals surface area contributed by atoms with E-state index in [1.807, 2.05) is 0 Å². The molecule has 1 unspecified atom stereocenters. The highest BCUT2D eigenvalue weighted by molar-refractivity contribution is 5.90. The molecule has 4 N–H and O–H groups in total. The molecule has 0 saturated heterocycles. The van der Waals surface area contributed by atoms with Crippen molar-refractivity contribution in [2.45, 2.75) is 52.6 Å². The number of aryl methyl sites for hydroxylation is 4. The van der Waals surface area contributed by atoms with Crippen molar-refractivity contribution in [2.75, 3.05) is 6.54 Å². The minimum Gasteiger partial charge on any atom is -0.361 e. The molecule has 0 bridgehead atoms. The first-order valence-corrected chi connectivity index (χ1v) is 12.6. The lowest BCUT2D eigenvalue weighted by Crippen LogP contribution is -2.29. The van der Waals surface area contributed by atoms with Gasteiger partial charge in [-0.1, -0.05) is 30.3 Å². The molecule has 2 heterocycles. The average molecular weight is 483 g/mol. The Hall–Kier alpha value is -3.61. The third-order valence-electron chi connectivity index (χ3n) is 7.49.